The summed E-state index contributed by atoms with van der Waals surface area (Å²) in [6.45, 7) is 0.833. The van der Waals surface area contributed by atoms with E-state index in [0.717, 1.165) is 18.1 Å². The SMILES string of the molecule is O=C(O[Si](Cc1ccccc1)(Cc1ccccc1)Cc1ccccc1)N(CCCl)CCCl. The minimum absolute atomic E-state index is 0.319. The molecular weight excluding hydrogens is 457 g/mol. The molecule has 0 aliphatic heterocycles. The van der Waals surface area contributed by atoms with Gasteiger partial charge in [0.25, 0.3) is 8.32 Å². The van der Waals surface area contributed by atoms with Crippen molar-refractivity contribution in [2.75, 3.05) is 24.8 Å². The van der Waals surface area contributed by atoms with Crippen molar-refractivity contribution in [3.63, 3.8) is 0 Å². The quantitative estimate of drug-likeness (QED) is 0.239. The Balaban J connectivity index is 2.00. The van der Waals surface area contributed by atoms with Crippen LogP contribution in [-0.2, 0) is 22.6 Å². The summed E-state index contributed by atoms with van der Waals surface area (Å²) in [4.78, 5) is 15.0. The van der Waals surface area contributed by atoms with Crippen LogP contribution in [0.1, 0.15) is 16.7 Å². The molecule has 0 unspecified atom stereocenters. The van der Waals surface area contributed by atoms with Gasteiger partial charge >= 0.3 is 6.09 Å². The van der Waals surface area contributed by atoms with Crippen molar-refractivity contribution in [1.82, 2.24) is 4.90 Å². The molecule has 0 aliphatic carbocycles. The number of alkyl halides is 2. The highest BCUT2D eigenvalue weighted by atomic mass is 35.5. The van der Waals surface area contributed by atoms with Crippen LogP contribution >= 0.6 is 23.2 Å². The zero-order valence-corrected chi connectivity index (χ0v) is 20.6. The van der Waals surface area contributed by atoms with Crippen molar-refractivity contribution in [2.24, 2.45) is 0 Å². The predicted molar refractivity (Wildman–Crippen MR) is 136 cm³/mol. The van der Waals surface area contributed by atoms with E-state index in [0.29, 0.717) is 24.8 Å². The molecule has 6 heteroatoms. The van der Waals surface area contributed by atoms with Gasteiger partial charge in [0, 0.05) is 43.0 Å². The van der Waals surface area contributed by atoms with Crippen LogP contribution < -0.4 is 0 Å². The second-order valence-corrected chi connectivity index (χ2v) is 12.3. The lowest BCUT2D eigenvalue weighted by molar-refractivity contribution is 0.153. The van der Waals surface area contributed by atoms with E-state index in [1.807, 2.05) is 54.6 Å². The van der Waals surface area contributed by atoms with Crippen LogP contribution in [0.5, 0.6) is 0 Å². The van der Waals surface area contributed by atoms with Crippen LogP contribution in [0, 0.1) is 0 Å². The molecule has 0 bridgehead atoms. The first kappa shape index (κ1) is 24.4. The maximum atomic E-state index is 13.3. The Labute approximate surface area is 202 Å². The van der Waals surface area contributed by atoms with E-state index in [4.69, 9.17) is 27.6 Å². The van der Waals surface area contributed by atoms with Gasteiger partial charge in [0.2, 0.25) is 0 Å². The average Bonchev–Trinajstić information content (AvgIpc) is 2.81. The second-order valence-electron chi connectivity index (χ2n) is 7.90. The van der Waals surface area contributed by atoms with Gasteiger partial charge in [-0.2, -0.15) is 0 Å². The number of amides is 1. The van der Waals surface area contributed by atoms with Crippen molar-refractivity contribution >= 4 is 37.6 Å². The van der Waals surface area contributed by atoms with Crippen molar-refractivity contribution in [3.8, 4) is 0 Å². The van der Waals surface area contributed by atoms with E-state index in [1.165, 1.54) is 16.7 Å². The Morgan fingerprint density at radius 2 is 1.00 bits per heavy atom. The van der Waals surface area contributed by atoms with E-state index in [9.17, 15) is 4.79 Å². The fraction of sp³-hybridized carbons (Fsp3) is 0.269. The van der Waals surface area contributed by atoms with Gasteiger partial charge in [0.05, 0.1) is 0 Å². The van der Waals surface area contributed by atoms with Gasteiger partial charge in [-0.25, -0.2) is 4.79 Å². The number of carbonyl (C=O) groups is 1. The number of halogens is 2. The molecule has 0 saturated heterocycles. The summed E-state index contributed by atoms with van der Waals surface area (Å²) >= 11 is 11.9. The average molecular weight is 487 g/mol. The number of carbonyl (C=O) groups excluding carboxylic acids is 1. The van der Waals surface area contributed by atoms with Gasteiger partial charge in [-0.05, 0) is 16.7 Å². The minimum atomic E-state index is -2.68. The maximum absolute atomic E-state index is 13.3. The van der Waals surface area contributed by atoms with Gasteiger partial charge in [-0.15, -0.1) is 23.2 Å². The summed E-state index contributed by atoms with van der Waals surface area (Å²) in [6.07, 6.45) is -0.319. The Hall–Kier alpha value is -2.27. The first-order valence-corrected chi connectivity index (χ1v) is 14.5. The lowest BCUT2D eigenvalue weighted by Gasteiger charge is -2.34. The summed E-state index contributed by atoms with van der Waals surface area (Å²) < 4.78 is 6.53. The molecule has 3 aromatic rings. The monoisotopic (exact) mass is 485 g/mol. The molecule has 0 heterocycles. The van der Waals surface area contributed by atoms with Crippen LogP contribution in [0.2, 0.25) is 0 Å². The highest BCUT2D eigenvalue weighted by molar-refractivity contribution is 6.73. The van der Waals surface area contributed by atoms with Crippen molar-refractivity contribution < 1.29 is 9.22 Å². The topological polar surface area (TPSA) is 29.5 Å². The Morgan fingerprint density at radius 1 is 0.656 bits per heavy atom. The first-order chi connectivity index (χ1) is 15.6. The smallest absolute Gasteiger partial charge is 0.396 e. The second kappa shape index (κ2) is 12.7. The van der Waals surface area contributed by atoms with E-state index >= 15 is 0 Å². The molecule has 0 N–H and O–H groups in total. The summed E-state index contributed by atoms with van der Waals surface area (Å²) in [6, 6.07) is 33.1. The standard InChI is InChI=1S/C26H29Cl2NO2Si/c27-16-18-29(19-17-28)26(30)31-32(20-23-10-4-1-5-11-23,21-24-12-6-2-7-13-24)22-25-14-8-3-9-15-25/h1-15H,16-22H2. The van der Waals surface area contributed by atoms with E-state index in [2.05, 4.69) is 36.4 Å². The molecule has 3 nitrogen and oxygen atoms in total. The molecule has 0 aromatic heterocycles. The third-order valence-corrected chi connectivity index (χ3v) is 9.48. The van der Waals surface area contributed by atoms with Gasteiger partial charge in [-0.3, -0.25) is 0 Å². The zero-order valence-electron chi connectivity index (χ0n) is 18.1. The Bertz CT molecular complexity index is 834. The molecule has 3 aromatic carbocycles. The molecule has 0 atom stereocenters. The Morgan fingerprint density at radius 3 is 1.31 bits per heavy atom. The van der Waals surface area contributed by atoms with Gasteiger partial charge < -0.3 is 9.33 Å². The minimum Gasteiger partial charge on any atom is -0.502 e. The molecule has 32 heavy (non-hydrogen) atoms. The van der Waals surface area contributed by atoms with Crippen LogP contribution in [0.25, 0.3) is 0 Å². The van der Waals surface area contributed by atoms with Crippen molar-refractivity contribution in [3.05, 3.63) is 108 Å². The number of benzene rings is 3. The molecule has 0 aliphatic rings. The molecule has 0 spiro atoms. The fourth-order valence-electron chi connectivity index (χ4n) is 3.95. The van der Waals surface area contributed by atoms with Gasteiger partial charge in [-0.1, -0.05) is 91.0 Å². The molecule has 1 amide bonds. The molecule has 0 saturated carbocycles. The lowest BCUT2D eigenvalue weighted by Crippen LogP contribution is -2.52. The van der Waals surface area contributed by atoms with Crippen LogP contribution in [0.3, 0.4) is 0 Å². The number of hydrogen-bond donors (Lipinski definition) is 0. The molecule has 0 fully saturated rings. The van der Waals surface area contributed by atoms with Gasteiger partial charge in [0.15, 0.2) is 0 Å². The summed E-state index contributed by atoms with van der Waals surface area (Å²) in [5, 5.41) is 0. The summed E-state index contributed by atoms with van der Waals surface area (Å²) in [5.41, 5.74) is 3.54. The molecule has 168 valence electrons. The third-order valence-electron chi connectivity index (χ3n) is 5.38. The number of hydrogen-bond acceptors (Lipinski definition) is 2. The number of rotatable bonds is 11. The zero-order chi connectivity index (χ0) is 22.7. The van der Waals surface area contributed by atoms with Gasteiger partial charge in [0.1, 0.15) is 0 Å². The van der Waals surface area contributed by atoms with Crippen LogP contribution in [0.15, 0.2) is 91.0 Å². The maximum Gasteiger partial charge on any atom is 0.396 e. The molecule has 0 radical (unpaired) electrons. The van der Waals surface area contributed by atoms with E-state index in [-0.39, 0.29) is 6.09 Å². The molecule has 3 rings (SSSR count). The fourth-order valence-corrected chi connectivity index (χ4v) is 8.39. The summed E-state index contributed by atoms with van der Waals surface area (Å²) in [7, 11) is -2.68. The van der Waals surface area contributed by atoms with Crippen molar-refractivity contribution in [2.45, 2.75) is 18.1 Å². The van der Waals surface area contributed by atoms with Crippen LogP contribution in [-0.4, -0.2) is 44.2 Å². The normalized spacial score (nSPS) is 11.2. The number of nitrogens with zero attached hydrogens (tertiary/aromatic N) is 1. The highest BCUT2D eigenvalue weighted by Crippen LogP contribution is 2.25. The van der Waals surface area contributed by atoms with Crippen LogP contribution in [0.4, 0.5) is 4.79 Å². The molecular formula is C26H29Cl2NO2Si. The third kappa shape index (κ3) is 7.40. The van der Waals surface area contributed by atoms with E-state index < -0.39 is 8.32 Å². The highest BCUT2D eigenvalue weighted by Gasteiger charge is 2.40. The van der Waals surface area contributed by atoms with E-state index in [1.54, 1.807) is 4.90 Å². The first-order valence-electron chi connectivity index (χ1n) is 10.9. The van der Waals surface area contributed by atoms with Crippen molar-refractivity contribution in [1.29, 1.82) is 0 Å². The lowest BCUT2D eigenvalue weighted by atomic mass is 10.2. The summed E-state index contributed by atoms with van der Waals surface area (Å²) in [5.74, 6) is 0.688. The predicted octanol–water partition coefficient (Wildman–Crippen LogP) is 6.19. The Kier molecular flexibility index (Phi) is 9.66. The largest absolute Gasteiger partial charge is 0.502 e.